The van der Waals surface area contributed by atoms with E-state index in [1.165, 1.54) is 0 Å². The van der Waals surface area contributed by atoms with Crippen molar-refractivity contribution in [3.05, 3.63) is 35.3 Å². The van der Waals surface area contributed by atoms with Crippen LogP contribution in [0.3, 0.4) is 0 Å². The average Bonchev–Trinajstić information content (AvgIpc) is 3.43. The summed E-state index contributed by atoms with van der Waals surface area (Å²) in [6, 6.07) is 8.12. The van der Waals surface area contributed by atoms with Gasteiger partial charge < -0.3 is 14.2 Å². The zero-order chi connectivity index (χ0) is 19.3. The Balaban J connectivity index is 1.33. The zero-order valence-corrected chi connectivity index (χ0v) is 17.0. The lowest BCUT2D eigenvalue weighted by Gasteiger charge is -2.34. The third kappa shape index (κ3) is 4.37. The molecule has 2 aromatic rings. The van der Waals surface area contributed by atoms with Gasteiger partial charge in [-0.1, -0.05) is 0 Å². The number of esters is 1. The maximum Gasteiger partial charge on any atom is 0.323 e. The molecule has 0 spiro atoms. The van der Waals surface area contributed by atoms with Crippen molar-refractivity contribution in [2.75, 3.05) is 26.9 Å². The number of carbonyl (C=O) groups is 1. The highest BCUT2D eigenvalue weighted by Gasteiger charge is 2.37. The predicted molar refractivity (Wildman–Crippen MR) is 107 cm³/mol. The first-order chi connectivity index (χ1) is 13.7. The van der Waals surface area contributed by atoms with Crippen LogP contribution < -0.4 is 4.74 Å². The quantitative estimate of drug-likeness (QED) is 0.689. The van der Waals surface area contributed by atoms with Crippen LogP contribution >= 0.6 is 11.3 Å². The van der Waals surface area contributed by atoms with Gasteiger partial charge in [-0.15, -0.1) is 11.3 Å². The average molecular weight is 403 g/mol. The van der Waals surface area contributed by atoms with E-state index in [2.05, 4.69) is 9.88 Å². The molecule has 2 saturated heterocycles. The first-order valence-electron chi connectivity index (χ1n) is 9.83. The molecule has 150 valence electrons. The van der Waals surface area contributed by atoms with Crippen molar-refractivity contribution in [2.45, 2.75) is 44.4 Å². The minimum atomic E-state index is -0.122. The highest BCUT2D eigenvalue weighted by atomic mass is 32.1. The largest absolute Gasteiger partial charge is 0.497 e. The number of hydrogen-bond donors (Lipinski definition) is 0. The summed E-state index contributed by atoms with van der Waals surface area (Å²) in [5, 5.41) is 2.87. The molecule has 6 nitrogen and oxygen atoms in total. The fourth-order valence-electron chi connectivity index (χ4n) is 3.98. The summed E-state index contributed by atoms with van der Waals surface area (Å²) in [6.45, 7) is 2.78. The fourth-order valence-corrected chi connectivity index (χ4v) is 4.79. The molecule has 0 radical (unpaired) electrons. The van der Waals surface area contributed by atoms with E-state index in [0.717, 1.165) is 67.5 Å². The summed E-state index contributed by atoms with van der Waals surface area (Å²) in [7, 11) is 1.65. The Bertz CT molecular complexity index is 786. The Morgan fingerprint density at radius 3 is 2.79 bits per heavy atom. The normalized spacial score (nSPS) is 21.0. The lowest BCUT2D eigenvalue weighted by Crippen LogP contribution is -2.46. The minimum absolute atomic E-state index is 0.122. The van der Waals surface area contributed by atoms with Gasteiger partial charge in [0, 0.05) is 30.2 Å². The number of thiazole rings is 1. The van der Waals surface area contributed by atoms with E-state index < -0.39 is 0 Å². The van der Waals surface area contributed by atoms with Crippen LogP contribution in [0.15, 0.2) is 29.6 Å². The highest BCUT2D eigenvalue weighted by Crippen LogP contribution is 2.28. The Hall–Kier alpha value is -1.96. The van der Waals surface area contributed by atoms with E-state index in [9.17, 15) is 4.79 Å². The monoisotopic (exact) mass is 402 g/mol. The molecule has 4 rings (SSSR count). The zero-order valence-electron chi connectivity index (χ0n) is 16.1. The van der Waals surface area contributed by atoms with Crippen LogP contribution in [-0.2, 0) is 20.9 Å². The molecule has 0 saturated carbocycles. The number of hydrogen-bond acceptors (Lipinski definition) is 7. The molecular weight excluding hydrogens is 376 g/mol. The minimum Gasteiger partial charge on any atom is -0.497 e. The molecule has 0 N–H and O–H groups in total. The molecule has 28 heavy (non-hydrogen) atoms. The summed E-state index contributed by atoms with van der Waals surface area (Å²) in [4.78, 5) is 19.6. The van der Waals surface area contributed by atoms with Crippen LogP contribution in [0.4, 0.5) is 0 Å². The molecule has 3 heterocycles. The summed E-state index contributed by atoms with van der Waals surface area (Å²) in [6.07, 6.45) is 3.93. The summed E-state index contributed by atoms with van der Waals surface area (Å²) >= 11 is 1.56. The van der Waals surface area contributed by atoms with Crippen molar-refractivity contribution in [2.24, 2.45) is 0 Å². The van der Waals surface area contributed by atoms with E-state index >= 15 is 0 Å². The van der Waals surface area contributed by atoms with Gasteiger partial charge in [-0.25, -0.2) is 4.98 Å². The maximum atomic E-state index is 12.7. The Labute approximate surface area is 169 Å². The second kappa shape index (κ2) is 9.03. The molecule has 1 atom stereocenters. The van der Waals surface area contributed by atoms with Crippen LogP contribution in [0, 0.1) is 0 Å². The molecule has 2 fully saturated rings. The fraction of sp³-hybridized carbons (Fsp3) is 0.524. The molecule has 0 amide bonds. The van der Waals surface area contributed by atoms with Crippen LogP contribution in [0.5, 0.6) is 5.75 Å². The second-order valence-corrected chi connectivity index (χ2v) is 8.08. The molecule has 2 aliphatic heterocycles. The SMILES string of the molecule is COc1ccc(-c2nc(COC(=O)[C@H]3CCCN3C3CCOCC3)cs2)cc1. The molecule has 0 aliphatic carbocycles. The van der Waals surface area contributed by atoms with Gasteiger partial charge in [0.15, 0.2) is 0 Å². The first kappa shape index (κ1) is 19.4. The van der Waals surface area contributed by atoms with Gasteiger partial charge >= 0.3 is 5.97 Å². The van der Waals surface area contributed by atoms with Crippen LogP contribution in [0.1, 0.15) is 31.4 Å². The van der Waals surface area contributed by atoms with E-state index in [4.69, 9.17) is 14.2 Å². The lowest BCUT2D eigenvalue weighted by molar-refractivity contribution is -0.151. The number of aromatic nitrogens is 1. The van der Waals surface area contributed by atoms with Crippen molar-refractivity contribution >= 4 is 17.3 Å². The van der Waals surface area contributed by atoms with E-state index in [1.54, 1.807) is 18.4 Å². The Morgan fingerprint density at radius 2 is 2.04 bits per heavy atom. The molecule has 0 unspecified atom stereocenters. The number of nitrogens with zero attached hydrogens (tertiary/aromatic N) is 2. The second-order valence-electron chi connectivity index (χ2n) is 7.22. The van der Waals surface area contributed by atoms with Gasteiger partial charge in [0.1, 0.15) is 23.4 Å². The summed E-state index contributed by atoms with van der Waals surface area (Å²) < 4.78 is 16.3. The van der Waals surface area contributed by atoms with Gasteiger partial charge in [0.2, 0.25) is 0 Å². The maximum absolute atomic E-state index is 12.7. The molecular formula is C21H26N2O4S. The van der Waals surface area contributed by atoms with Crippen molar-refractivity contribution in [1.82, 2.24) is 9.88 Å². The third-order valence-corrected chi connectivity index (χ3v) is 6.42. The van der Waals surface area contributed by atoms with Gasteiger partial charge in [-0.3, -0.25) is 9.69 Å². The van der Waals surface area contributed by atoms with Crippen LogP contribution in [-0.4, -0.2) is 54.8 Å². The van der Waals surface area contributed by atoms with Crippen molar-refractivity contribution < 1.29 is 19.0 Å². The predicted octanol–water partition coefficient (Wildman–Crippen LogP) is 3.51. The van der Waals surface area contributed by atoms with Gasteiger partial charge in [-0.2, -0.15) is 0 Å². The van der Waals surface area contributed by atoms with Gasteiger partial charge in [0.25, 0.3) is 0 Å². The molecule has 0 bridgehead atoms. The number of rotatable bonds is 6. The Morgan fingerprint density at radius 1 is 1.25 bits per heavy atom. The van der Waals surface area contributed by atoms with E-state index in [1.807, 2.05) is 29.6 Å². The Kier molecular flexibility index (Phi) is 6.24. The topological polar surface area (TPSA) is 60.9 Å². The molecule has 1 aromatic heterocycles. The van der Waals surface area contributed by atoms with Gasteiger partial charge in [0.05, 0.1) is 12.8 Å². The van der Waals surface area contributed by atoms with Crippen LogP contribution in [0.2, 0.25) is 0 Å². The smallest absolute Gasteiger partial charge is 0.323 e. The highest BCUT2D eigenvalue weighted by molar-refractivity contribution is 7.13. The van der Waals surface area contributed by atoms with Crippen molar-refractivity contribution in [1.29, 1.82) is 0 Å². The van der Waals surface area contributed by atoms with Gasteiger partial charge in [-0.05, 0) is 56.5 Å². The molecule has 2 aliphatic rings. The number of likely N-dealkylation sites (tertiary alicyclic amines) is 1. The van der Waals surface area contributed by atoms with Crippen molar-refractivity contribution in [3.8, 4) is 16.3 Å². The number of benzene rings is 1. The molecule has 1 aromatic carbocycles. The summed E-state index contributed by atoms with van der Waals surface area (Å²) in [5.74, 6) is 0.697. The van der Waals surface area contributed by atoms with Crippen LogP contribution in [0.25, 0.3) is 10.6 Å². The van der Waals surface area contributed by atoms with E-state index in [0.29, 0.717) is 6.04 Å². The summed E-state index contributed by atoms with van der Waals surface area (Å²) in [5.41, 5.74) is 1.82. The van der Waals surface area contributed by atoms with E-state index in [-0.39, 0.29) is 18.6 Å². The number of carbonyl (C=O) groups excluding carboxylic acids is 1. The number of methoxy groups -OCH3 is 1. The standard InChI is InChI=1S/C21H26N2O4S/c1-25-18-6-4-15(5-7-18)20-22-16(14-28-20)13-27-21(24)19-3-2-10-23(19)17-8-11-26-12-9-17/h4-7,14,17,19H,2-3,8-13H2,1H3/t19-/m1/s1. The lowest BCUT2D eigenvalue weighted by atomic mass is 10.1. The third-order valence-electron chi connectivity index (χ3n) is 5.48. The first-order valence-corrected chi connectivity index (χ1v) is 10.7. The molecule has 7 heteroatoms. The number of ether oxygens (including phenoxy) is 3. The van der Waals surface area contributed by atoms with Crippen molar-refractivity contribution in [3.63, 3.8) is 0 Å².